The van der Waals surface area contributed by atoms with Crippen LogP contribution in [0.2, 0.25) is 0 Å². The predicted molar refractivity (Wildman–Crippen MR) is 141 cm³/mol. The maximum absolute atomic E-state index is 14.7. The van der Waals surface area contributed by atoms with Crippen LogP contribution in [0.4, 0.5) is 35.1 Å². The number of nitrogens with zero attached hydrogens (tertiary/aromatic N) is 1. The first-order valence-electron chi connectivity index (χ1n) is 12.9. The molecular weight excluding hydrogens is 632 g/mol. The van der Waals surface area contributed by atoms with Gasteiger partial charge in [-0.05, 0) is 60.6 Å². The van der Waals surface area contributed by atoms with Crippen LogP contribution >= 0.6 is 11.8 Å². The fourth-order valence-corrected chi connectivity index (χ4v) is 8.96. The highest BCUT2D eigenvalue weighted by atomic mass is 32.2. The molecule has 0 aliphatic carbocycles. The lowest BCUT2D eigenvalue weighted by atomic mass is 9.79. The van der Waals surface area contributed by atoms with E-state index in [1.807, 2.05) is 0 Å². The minimum absolute atomic E-state index is 0.159. The second-order valence-electron chi connectivity index (χ2n) is 10.4. The van der Waals surface area contributed by atoms with Crippen LogP contribution in [0.5, 0.6) is 0 Å². The molecule has 4 rings (SSSR count). The number of hydrogen-bond donors (Lipinski definition) is 1. The molecule has 2 aromatic rings. The van der Waals surface area contributed by atoms with Crippen LogP contribution in [0, 0.1) is 11.2 Å². The molecule has 2 aliphatic heterocycles. The topological polar surface area (TPSA) is 83.6 Å². The molecule has 0 aromatic heterocycles. The lowest BCUT2D eigenvalue weighted by Gasteiger charge is -2.37. The average Bonchev–Trinajstić information content (AvgIpc) is 3.43. The van der Waals surface area contributed by atoms with E-state index in [9.17, 15) is 53.1 Å². The largest absolute Gasteiger partial charge is 0.435 e. The molecular formula is C27H26F8N2O4S2. The fraction of sp³-hybridized carbons (Fsp3) is 0.481. The molecule has 1 atom stereocenters. The van der Waals surface area contributed by atoms with Crippen molar-refractivity contribution in [3.8, 4) is 0 Å². The average molecular weight is 659 g/mol. The maximum Gasteiger partial charge on any atom is 0.435 e. The summed E-state index contributed by atoms with van der Waals surface area (Å²) in [5.74, 6) is -1.08. The number of nitrogens with one attached hydrogen (secondary N) is 1. The summed E-state index contributed by atoms with van der Waals surface area (Å²) in [6.45, 7) is -0.846. The van der Waals surface area contributed by atoms with Gasteiger partial charge >= 0.3 is 18.0 Å². The van der Waals surface area contributed by atoms with Crippen LogP contribution in [-0.4, -0.2) is 69.1 Å². The summed E-state index contributed by atoms with van der Waals surface area (Å²) < 4.78 is 135. The Morgan fingerprint density at radius 3 is 1.88 bits per heavy atom. The van der Waals surface area contributed by atoms with Gasteiger partial charge in [0.05, 0.1) is 4.90 Å². The molecule has 2 saturated heterocycles. The van der Waals surface area contributed by atoms with Crippen LogP contribution in [0.25, 0.3) is 0 Å². The number of carbonyl (C=O) groups excluding carboxylic acids is 2. The zero-order valence-electron chi connectivity index (χ0n) is 22.5. The Bertz CT molecular complexity index is 1460. The molecule has 236 valence electrons. The molecule has 6 nitrogen and oxygen atoms in total. The maximum atomic E-state index is 14.7. The van der Waals surface area contributed by atoms with Gasteiger partial charge in [-0.1, -0.05) is 24.3 Å². The summed E-state index contributed by atoms with van der Waals surface area (Å²) in [5.41, 5.74) is -9.36. The Kier molecular flexibility index (Phi) is 8.63. The Morgan fingerprint density at radius 1 is 0.860 bits per heavy atom. The first-order chi connectivity index (χ1) is 19.9. The SMILES string of the molecule is CNC(=O)C1(C(=O)N2CC[C@](c3ccc(C(F)(C(F)(F)F)C(F)(F)F)cc3)(S(=O)(=O)c3ccc(F)cc3)C2)CCSCC1. The Balaban J connectivity index is 1.84. The number of alkyl halides is 7. The lowest BCUT2D eigenvalue weighted by Crippen LogP contribution is -2.54. The second kappa shape index (κ2) is 11.2. The summed E-state index contributed by atoms with van der Waals surface area (Å²) in [6.07, 6.45) is -12.8. The van der Waals surface area contributed by atoms with Crippen LogP contribution < -0.4 is 5.32 Å². The minimum atomic E-state index is -6.38. The molecule has 2 fully saturated rings. The molecule has 2 aliphatic rings. The smallest absolute Gasteiger partial charge is 0.358 e. The van der Waals surface area contributed by atoms with E-state index >= 15 is 0 Å². The zero-order chi connectivity index (χ0) is 32.1. The number of rotatable bonds is 6. The van der Waals surface area contributed by atoms with Crippen molar-refractivity contribution in [2.75, 3.05) is 31.6 Å². The van der Waals surface area contributed by atoms with Gasteiger partial charge in [0, 0.05) is 25.7 Å². The van der Waals surface area contributed by atoms with E-state index in [1.165, 1.54) is 18.8 Å². The van der Waals surface area contributed by atoms with E-state index in [0.29, 0.717) is 23.6 Å². The predicted octanol–water partition coefficient (Wildman–Crippen LogP) is 5.28. The summed E-state index contributed by atoms with van der Waals surface area (Å²) in [6, 6.07) is 5.33. The van der Waals surface area contributed by atoms with Crippen molar-refractivity contribution in [2.45, 2.75) is 46.9 Å². The third kappa shape index (κ3) is 5.27. The molecule has 0 spiro atoms. The van der Waals surface area contributed by atoms with Gasteiger partial charge < -0.3 is 10.2 Å². The number of sulfone groups is 1. The normalized spacial score (nSPS) is 21.5. The molecule has 2 aromatic carbocycles. The van der Waals surface area contributed by atoms with E-state index in [4.69, 9.17) is 0 Å². The van der Waals surface area contributed by atoms with Gasteiger partial charge in [0.1, 0.15) is 16.0 Å². The highest BCUT2D eigenvalue weighted by Crippen LogP contribution is 2.54. The van der Waals surface area contributed by atoms with E-state index in [-0.39, 0.29) is 43.5 Å². The van der Waals surface area contributed by atoms with Crippen LogP contribution in [-0.2, 0) is 29.8 Å². The zero-order valence-corrected chi connectivity index (χ0v) is 24.1. The first kappa shape index (κ1) is 33.0. The van der Waals surface area contributed by atoms with E-state index in [0.717, 1.165) is 29.2 Å². The molecule has 43 heavy (non-hydrogen) atoms. The standard InChI is InChI=1S/C27H26F8N2O4S2/c1-36-21(38)23(11-14-42-15-12-23)22(39)37-13-10-24(16-37,43(40,41)20-8-6-19(28)7-9-20)17-2-4-18(5-3-17)25(29,26(30,31)32)27(33,34)35/h2-9H,10-16H2,1H3,(H,36,38)/t24-/m0/s1. The number of benzene rings is 2. The summed E-state index contributed by atoms with van der Waals surface area (Å²) >= 11 is 1.52. The number of hydrogen-bond acceptors (Lipinski definition) is 5. The van der Waals surface area contributed by atoms with Crippen molar-refractivity contribution >= 4 is 33.4 Å². The third-order valence-corrected chi connectivity index (χ3v) is 11.6. The van der Waals surface area contributed by atoms with Gasteiger partial charge in [-0.3, -0.25) is 9.59 Å². The highest BCUT2D eigenvalue weighted by Gasteiger charge is 2.73. The van der Waals surface area contributed by atoms with Gasteiger partial charge in [0.2, 0.25) is 11.8 Å². The minimum Gasteiger partial charge on any atom is -0.358 e. The van der Waals surface area contributed by atoms with Gasteiger partial charge in [0.15, 0.2) is 9.84 Å². The lowest BCUT2D eigenvalue weighted by molar-refractivity contribution is -0.348. The highest BCUT2D eigenvalue weighted by molar-refractivity contribution is 7.99. The molecule has 1 N–H and O–H groups in total. The van der Waals surface area contributed by atoms with Gasteiger partial charge in [-0.2, -0.15) is 38.1 Å². The Morgan fingerprint density at radius 2 is 1.40 bits per heavy atom. The van der Waals surface area contributed by atoms with Crippen molar-refractivity contribution in [1.29, 1.82) is 0 Å². The van der Waals surface area contributed by atoms with Gasteiger partial charge in [-0.15, -0.1) is 0 Å². The van der Waals surface area contributed by atoms with Crippen LogP contribution in [0.1, 0.15) is 30.4 Å². The van der Waals surface area contributed by atoms with Crippen molar-refractivity contribution in [3.05, 3.63) is 65.5 Å². The van der Waals surface area contributed by atoms with E-state index in [1.54, 1.807) is 0 Å². The van der Waals surface area contributed by atoms with E-state index in [2.05, 4.69) is 5.32 Å². The second-order valence-corrected chi connectivity index (χ2v) is 13.9. The van der Waals surface area contributed by atoms with Crippen molar-refractivity contribution < 1.29 is 53.1 Å². The molecule has 2 heterocycles. The van der Waals surface area contributed by atoms with Crippen molar-refractivity contribution in [1.82, 2.24) is 10.2 Å². The van der Waals surface area contributed by atoms with Crippen molar-refractivity contribution in [3.63, 3.8) is 0 Å². The monoisotopic (exact) mass is 658 g/mol. The number of likely N-dealkylation sites (tertiary alicyclic amines) is 1. The molecule has 2 amide bonds. The number of amides is 2. The quantitative estimate of drug-likeness (QED) is 0.260. The van der Waals surface area contributed by atoms with Crippen molar-refractivity contribution in [2.24, 2.45) is 5.41 Å². The molecule has 16 heteroatoms. The fourth-order valence-electron chi connectivity index (χ4n) is 5.70. The summed E-state index contributed by atoms with van der Waals surface area (Å²) in [4.78, 5) is 27.5. The first-order valence-corrected chi connectivity index (χ1v) is 15.5. The van der Waals surface area contributed by atoms with Gasteiger partial charge in [0.25, 0.3) is 0 Å². The number of carbonyl (C=O) groups is 2. The number of thioether (sulfide) groups is 1. The third-order valence-electron chi connectivity index (χ3n) is 8.16. The van der Waals surface area contributed by atoms with Gasteiger partial charge in [-0.25, -0.2) is 17.2 Å². The Hall–Kier alpha value is -2.88. The summed E-state index contributed by atoms with van der Waals surface area (Å²) in [5, 5.41) is 2.47. The van der Waals surface area contributed by atoms with Crippen LogP contribution in [0.15, 0.2) is 53.4 Å². The molecule has 0 unspecified atom stereocenters. The molecule has 0 radical (unpaired) electrons. The Labute approximate surface area is 246 Å². The molecule has 0 saturated carbocycles. The summed E-state index contributed by atoms with van der Waals surface area (Å²) in [7, 11) is -3.27. The van der Waals surface area contributed by atoms with Crippen LogP contribution in [0.3, 0.4) is 0 Å². The molecule has 0 bridgehead atoms. The number of halogens is 8. The van der Waals surface area contributed by atoms with E-state index < -0.39 is 72.7 Å².